The summed E-state index contributed by atoms with van der Waals surface area (Å²) in [6.07, 6.45) is 3.28. The van der Waals surface area contributed by atoms with Crippen LogP contribution in [0.3, 0.4) is 0 Å². The lowest BCUT2D eigenvalue weighted by Crippen LogP contribution is -2.24. The van der Waals surface area contributed by atoms with Gasteiger partial charge in [-0.2, -0.15) is 0 Å². The van der Waals surface area contributed by atoms with E-state index in [4.69, 9.17) is 8.83 Å². The van der Waals surface area contributed by atoms with Crippen LogP contribution in [0.15, 0.2) is 82.0 Å². The molecule has 0 saturated carbocycles. The van der Waals surface area contributed by atoms with Crippen LogP contribution in [0.25, 0.3) is 11.3 Å². The maximum atomic E-state index is 13.9. The molecule has 0 radical (unpaired) electrons. The zero-order valence-corrected chi connectivity index (χ0v) is 17.0. The standard InChI is InChI=1S/C24H20FN3O4/c25-19-9-3-1-7-17(19)21-15-26-23(32-21)12-11-22(29)28-20-10-4-2-8-18(20)24(30)27-14-16-6-5-13-31-16/h1-10,13,15H,11-12,14H2,(H,27,30)(H,28,29). The number of furan rings is 1. The van der Waals surface area contributed by atoms with Crippen molar-refractivity contribution in [3.05, 3.63) is 96.2 Å². The third-order valence-electron chi connectivity index (χ3n) is 4.71. The van der Waals surface area contributed by atoms with E-state index in [2.05, 4.69) is 15.6 Å². The van der Waals surface area contributed by atoms with Crippen molar-refractivity contribution in [2.24, 2.45) is 0 Å². The molecule has 2 heterocycles. The predicted molar refractivity (Wildman–Crippen MR) is 115 cm³/mol. The van der Waals surface area contributed by atoms with Crippen molar-refractivity contribution in [1.82, 2.24) is 10.3 Å². The molecule has 2 amide bonds. The number of nitrogens with zero attached hydrogens (tertiary/aromatic N) is 1. The highest BCUT2D eigenvalue weighted by Gasteiger charge is 2.15. The number of aromatic nitrogens is 1. The number of aryl methyl sites for hydroxylation is 1. The zero-order chi connectivity index (χ0) is 22.3. The summed E-state index contributed by atoms with van der Waals surface area (Å²) in [4.78, 5) is 29.1. The van der Waals surface area contributed by atoms with Crippen LogP contribution in [-0.2, 0) is 17.8 Å². The van der Waals surface area contributed by atoms with Crippen LogP contribution in [0.1, 0.15) is 28.4 Å². The Labute approximate surface area is 183 Å². The van der Waals surface area contributed by atoms with Gasteiger partial charge in [-0.15, -0.1) is 0 Å². The van der Waals surface area contributed by atoms with E-state index in [1.54, 1.807) is 54.6 Å². The molecule has 0 bridgehead atoms. The SMILES string of the molecule is O=C(CCc1ncc(-c2ccccc2F)o1)Nc1ccccc1C(=O)NCc1ccco1. The highest BCUT2D eigenvalue weighted by atomic mass is 19.1. The molecule has 32 heavy (non-hydrogen) atoms. The summed E-state index contributed by atoms with van der Waals surface area (Å²) >= 11 is 0. The number of halogens is 1. The number of para-hydroxylation sites is 1. The van der Waals surface area contributed by atoms with Gasteiger partial charge in [0.1, 0.15) is 11.6 Å². The highest BCUT2D eigenvalue weighted by molar-refractivity contribution is 6.03. The lowest BCUT2D eigenvalue weighted by molar-refractivity contribution is -0.116. The number of anilines is 1. The molecular formula is C24H20FN3O4. The average molecular weight is 433 g/mol. The Morgan fingerprint density at radius 1 is 1.00 bits per heavy atom. The van der Waals surface area contributed by atoms with Gasteiger partial charge in [0, 0.05) is 12.8 Å². The van der Waals surface area contributed by atoms with Gasteiger partial charge < -0.3 is 19.5 Å². The number of benzene rings is 2. The molecule has 0 atom stereocenters. The molecule has 0 aliphatic rings. The van der Waals surface area contributed by atoms with Gasteiger partial charge in [-0.1, -0.05) is 24.3 Å². The molecule has 162 valence electrons. The fraction of sp³-hybridized carbons (Fsp3) is 0.125. The molecule has 0 aliphatic carbocycles. The number of carbonyl (C=O) groups is 2. The van der Waals surface area contributed by atoms with Crippen molar-refractivity contribution in [1.29, 1.82) is 0 Å². The van der Waals surface area contributed by atoms with Gasteiger partial charge in [-0.05, 0) is 36.4 Å². The molecule has 2 aromatic heterocycles. The van der Waals surface area contributed by atoms with Crippen LogP contribution < -0.4 is 10.6 Å². The quantitative estimate of drug-likeness (QED) is 0.424. The second-order valence-electron chi connectivity index (χ2n) is 6.95. The molecule has 2 N–H and O–H groups in total. The minimum atomic E-state index is -0.408. The third kappa shape index (κ3) is 5.10. The van der Waals surface area contributed by atoms with E-state index >= 15 is 0 Å². The van der Waals surface area contributed by atoms with Crippen LogP contribution in [0.4, 0.5) is 10.1 Å². The third-order valence-corrected chi connectivity index (χ3v) is 4.71. The smallest absolute Gasteiger partial charge is 0.253 e. The van der Waals surface area contributed by atoms with Crippen molar-refractivity contribution in [3.8, 4) is 11.3 Å². The Morgan fingerprint density at radius 2 is 1.81 bits per heavy atom. The van der Waals surface area contributed by atoms with Crippen LogP contribution in [-0.4, -0.2) is 16.8 Å². The van der Waals surface area contributed by atoms with Gasteiger partial charge in [0.25, 0.3) is 5.91 Å². The van der Waals surface area contributed by atoms with Gasteiger partial charge in [0.15, 0.2) is 11.7 Å². The Bertz CT molecular complexity index is 1220. The Morgan fingerprint density at radius 3 is 2.62 bits per heavy atom. The van der Waals surface area contributed by atoms with Crippen molar-refractivity contribution < 1.29 is 22.8 Å². The first-order chi connectivity index (χ1) is 15.6. The van der Waals surface area contributed by atoms with Gasteiger partial charge in [0.05, 0.1) is 35.8 Å². The van der Waals surface area contributed by atoms with Gasteiger partial charge in [0.2, 0.25) is 5.91 Å². The van der Waals surface area contributed by atoms with Crippen molar-refractivity contribution in [3.63, 3.8) is 0 Å². The maximum absolute atomic E-state index is 13.9. The van der Waals surface area contributed by atoms with E-state index in [1.165, 1.54) is 18.5 Å². The first-order valence-corrected chi connectivity index (χ1v) is 9.99. The van der Waals surface area contributed by atoms with Crippen LogP contribution in [0, 0.1) is 5.82 Å². The number of rotatable bonds is 8. The fourth-order valence-corrected chi connectivity index (χ4v) is 3.11. The molecule has 4 rings (SSSR count). The van der Waals surface area contributed by atoms with E-state index in [-0.39, 0.29) is 31.2 Å². The van der Waals surface area contributed by atoms with E-state index in [0.29, 0.717) is 34.2 Å². The largest absolute Gasteiger partial charge is 0.467 e. The van der Waals surface area contributed by atoms with Gasteiger partial charge in [-0.25, -0.2) is 9.37 Å². The number of oxazole rings is 1. The molecule has 0 aliphatic heterocycles. The lowest BCUT2D eigenvalue weighted by atomic mass is 10.1. The van der Waals surface area contributed by atoms with Gasteiger partial charge >= 0.3 is 0 Å². The van der Waals surface area contributed by atoms with Crippen molar-refractivity contribution >= 4 is 17.5 Å². The minimum absolute atomic E-state index is 0.0829. The Kier molecular flexibility index (Phi) is 6.41. The average Bonchev–Trinajstić information content (AvgIpc) is 3.49. The van der Waals surface area contributed by atoms with Crippen LogP contribution in [0.2, 0.25) is 0 Å². The summed E-state index contributed by atoms with van der Waals surface area (Å²) in [5.41, 5.74) is 1.05. The molecule has 7 nitrogen and oxygen atoms in total. The molecular weight excluding hydrogens is 413 g/mol. The van der Waals surface area contributed by atoms with Gasteiger partial charge in [-0.3, -0.25) is 9.59 Å². The Hall–Kier alpha value is -4.20. The topological polar surface area (TPSA) is 97.4 Å². The monoisotopic (exact) mass is 433 g/mol. The zero-order valence-electron chi connectivity index (χ0n) is 17.0. The number of hydrogen-bond acceptors (Lipinski definition) is 5. The van der Waals surface area contributed by atoms with Crippen LogP contribution in [0.5, 0.6) is 0 Å². The Balaban J connectivity index is 1.35. The maximum Gasteiger partial charge on any atom is 0.253 e. The molecule has 0 unspecified atom stereocenters. The number of amides is 2. The molecule has 8 heteroatoms. The van der Waals surface area contributed by atoms with Crippen molar-refractivity contribution in [2.45, 2.75) is 19.4 Å². The minimum Gasteiger partial charge on any atom is -0.467 e. The second kappa shape index (κ2) is 9.74. The number of nitrogens with one attached hydrogen (secondary N) is 2. The number of hydrogen-bond donors (Lipinski definition) is 2. The molecule has 4 aromatic rings. The second-order valence-corrected chi connectivity index (χ2v) is 6.95. The summed E-state index contributed by atoms with van der Waals surface area (Å²) in [6, 6.07) is 16.5. The predicted octanol–water partition coefficient (Wildman–Crippen LogP) is 4.58. The summed E-state index contributed by atoms with van der Waals surface area (Å²) < 4.78 is 24.7. The number of carbonyl (C=O) groups excluding carboxylic acids is 2. The molecule has 0 saturated heterocycles. The van der Waals surface area contributed by atoms with E-state index in [0.717, 1.165) is 0 Å². The normalized spacial score (nSPS) is 10.7. The summed E-state index contributed by atoms with van der Waals surface area (Å²) in [5, 5.41) is 5.51. The van der Waals surface area contributed by atoms with Crippen LogP contribution >= 0.6 is 0 Å². The molecule has 0 fully saturated rings. The highest BCUT2D eigenvalue weighted by Crippen LogP contribution is 2.24. The first-order valence-electron chi connectivity index (χ1n) is 9.99. The summed E-state index contributed by atoms with van der Waals surface area (Å²) in [5.74, 6) is 0.205. The molecule has 0 spiro atoms. The fourth-order valence-electron chi connectivity index (χ4n) is 3.11. The van der Waals surface area contributed by atoms with Crippen molar-refractivity contribution in [2.75, 3.05) is 5.32 Å². The van der Waals surface area contributed by atoms with E-state index in [9.17, 15) is 14.0 Å². The molecule has 2 aromatic carbocycles. The summed E-state index contributed by atoms with van der Waals surface area (Å²) in [7, 11) is 0. The lowest BCUT2D eigenvalue weighted by Gasteiger charge is -2.10. The van der Waals surface area contributed by atoms with E-state index in [1.807, 2.05) is 0 Å². The van der Waals surface area contributed by atoms with E-state index < -0.39 is 5.82 Å². The summed E-state index contributed by atoms with van der Waals surface area (Å²) in [6.45, 7) is 0.239. The first kappa shape index (κ1) is 21.0.